The molecule has 2 aromatic carbocycles. The van der Waals surface area contributed by atoms with E-state index >= 15 is 0 Å². The van der Waals surface area contributed by atoms with Crippen molar-refractivity contribution in [2.24, 2.45) is 5.16 Å². The second-order valence-corrected chi connectivity index (χ2v) is 9.94. The number of oxime groups is 1. The second-order valence-electron chi connectivity index (χ2n) is 9.94. The average Bonchev–Trinajstić information content (AvgIpc) is 3.29. The molecule has 3 atom stereocenters. The molecule has 37 heavy (non-hydrogen) atoms. The van der Waals surface area contributed by atoms with Crippen LogP contribution < -0.4 is 4.74 Å². The van der Waals surface area contributed by atoms with Gasteiger partial charge in [0.25, 0.3) is 0 Å². The van der Waals surface area contributed by atoms with Crippen LogP contribution in [0.2, 0.25) is 0 Å². The summed E-state index contributed by atoms with van der Waals surface area (Å²) in [4.78, 5) is 11.2. The molecule has 0 radical (unpaired) electrons. The molecular formula is C29H38N6O2. The minimum atomic E-state index is 0.0647. The molecule has 1 saturated heterocycles. The predicted molar refractivity (Wildman–Crippen MR) is 146 cm³/mol. The highest BCUT2D eigenvalue weighted by molar-refractivity contribution is 5.78. The maximum Gasteiger partial charge on any atom is 0.128 e. The van der Waals surface area contributed by atoms with Gasteiger partial charge in [-0.2, -0.15) is 0 Å². The van der Waals surface area contributed by atoms with Crippen LogP contribution in [-0.4, -0.2) is 83.0 Å². The van der Waals surface area contributed by atoms with Crippen molar-refractivity contribution in [1.82, 2.24) is 24.8 Å². The van der Waals surface area contributed by atoms with Gasteiger partial charge in [0, 0.05) is 31.7 Å². The largest absolute Gasteiger partial charge is 0.494 e. The normalized spacial score (nSPS) is 23.7. The van der Waals surface area contributed by atoms with E-state index in [0.29, 0.717) is 6.61 Å². The molecule has 0 N–H and O–H groups in total. The summed E-state index contributed by atoms with van der Waals surface area (Å²) in [7, 11) is 0. The number of hydrogen-bond donors (Lipinski definition) is 0. The molecule has 2 aliphatic rings. The van der Waals surface area contributed by atoms with Crippen LogP contribution in [0.25, 0.3) is 11.3 Å². The smallest absolute Gasteiger partial charge is 0.128 e. The first-order valence-electron chi connectivity index (χ1n) is 13.6. The van der Waals surface area contributed by atoms with Crippen LogP contribution in [-0.2, 0) is 11.4 Å². The van der Waals surface area contributed by atoms with Gasteiger partial charge in [0.1, 0.15) is 17.5 Å². The van der Waals surface area contributed by atoms with Crippen LogP contribution in [0.5, 0.6) is 5.75 Å². The third kappa shape index (κ3) is 7.87. The highest BCUT2D eigenvalue weighted by atomic mass is 16.6. The standard InChI is InChI=1S/C29H38N6O2/c1-2-8-25(9-3-1)23-30-37-27-12-5-21-36-28-11-4-10-26(22-28)29-24-35(32-31-29)17-7-16-33-14-6-15-34(18-13-27)20-19-33/h1-4,8-11,22-24,27H,5-7,12-21H2/b30-23+. The van der Waals surface area contributed by atoms with Gasteiger partial charge in [0.15, 0.2) is 0 Å². The zero-order chi connectivity index (χ0) is 25.1. The van der Waals surface area contributed by atoms with Gasteiger partial charge in [-0.1, -0.05) is 52.8 Å². The molecule has 3 unspecified atom stereocenters. The van der Waals surface area contributed by atoms with Gasteiger partial charge < -0.3 is 19.4 Å². The monoisotopic (exact) mass is 502 g/mol. The lowest BCUT2D eigenvalue weighted by Crippen LogP contribution is -2.33. The Bertz CT molecular complexity index is 1120. The van der Waals surface area contributed by atoms with E-state index in [-0.39, 0.29) is 6.10 Å². The molecule has 0 saturated carbocycles. The molecule has 6 bridgehead atoms. The molecule has 8 heteroatoms. The van der Waals surface area contributed by atoms with Crippen molar-refractivity contribution in [1.29, 1.82) is 0 Å². The van der Waals surface area contributed by atoms with Crippen LogP contribution >= 0.6 is 0 Å². The minimum absolute atomic E-state index is 0.0647. The van der Waals surface area contributed by atoms with E-state index in [2.05, 4.69) is 31.3 Å². The number of nitrogens with zero attached hydrogens (tertiary/aromatic N) is 6. The summed E-state index contributed by atoms with van der Waals surface area (Å²) in [6.07, 6.45) is 8.96. The SMILES string of the molecule is C(=N\OC1CCCOc2cccc(c2)-c2cn(nn2)CCCN2CCCN(CC1)CC2)/c1ccccc1. The molecule has 196 valence electrons. The van der Waals surface area contributed by atoms with Crippen molar-refractivity contribution in [3.05, 3.63) is 66.4 Å². The molecule has 1 aromatic heterocycles. The number of hydrogen-bond acceptors (Lipinski definition) is 7. The van der Waals surface area contributed by atoms with E-state index in [4.69, 9.17) is 9.57 Å². The van der Waals surface area contributed by atoms with Gasteiger partial charge in [0.2, 0.25) is 0 Å². The molecule has 3 aromatic rings. The maximum atomic E-state index is 6.10. The van der Waals surface area contributed by atoms with Gasteiger partial charge in [-0.3, -0.25) is 4.68 Å². The Labute approximate surface area is 219 Å². The summed E-state index contributed by atoms with van der Waals surface area (Å²) in [5.41, 5.74) is 2.96. The first-order chi connectivity index (χ1) is 18.3. The van der Waals surface area contributed by atoms with Crippen LogP contribution in [0.15, 0.2) is 65.9 Å². The number of fused-ring (bicyclic) bond motifs is 8. The van der Waals surface area contributed by atoms with Crippen molar-refractivity contribution in [2.75, 3.05) is 45.9 Å². The van der Waals surface area contributed by atoms with Gasteiger partial charge >= 0.3 is 0 Å². The Hall–Kier alpha value is -3.23. The van der Waals surface area contributed by atoms with E-state index in [0.717, 1.165) is 94.1 Å². The molecule has 0 aliphatic carbocycles. The molecule has 3 heterocycles. The third-order valence-corrected chi connectivity index (χ3v) is 7.13. The van der Waals surface area contributed by atoms with E-state index in [9.17, 15) is 0 Å². The predicted octanol–water partition coefficient (Wildman–Crippen LogP) is 4.32. The fourth-order valence-electron chi connectivity index (χ4n) is 5.01. The first kappa shape index (κ1) is 25.4. The zero-order valence-electron chi connectivity index (χ0n) is 21.6. The van der Waals surface area contributed by atoms with Crippen molar-refractivity contribution in [3.63, 3.8) is 0 Å². The Kier molecular flexibility index (Phi) is 9.17. The highest BCUT2D eigenvalue weighted by Crippen LogP contribution is 2.22. The second kappa shape index (κ2) is 13.4. The van der Waals surface area contributed by atoms with Crippen molar-refractivity contribution in [3.8, 4) is 17.0 Å². The van der Waals surface area contributed by atoms with Gasteiger partial charge in [-0.15, -0.1) is 5.10 Å². The Morgan fingerprint density at radius 1 is 0.838 bits per heavy atom. The lowest BCUT2D eigenvalue weighted by atomic mass is 10.1. The Balaban J connectivity index is 1.26. The molecule has 0 spiro atoms. The summed E-state index contributed by atoms with van der Waals surface area (Å²) in [6.45, 7) is 8.15. The molecule has 0 amide bonds. The van der Waals surface area contributed by atoms with E-state index in [1.807, 2.05) is 59.4 Å². The number of aromatic nitrogens is 3. The fourth-order valence-corrected chi connectivity index (χ4v) is 5.01. The summed E-state index contributed by atoms with van der Waals surface area (Å²) in [6, 6.07) is 18.2. The number of ether oxygens (including phenoxy) is 1. The van der Waals surface area contributed by atoms with Crippen LogP contribution in [0.1, 0.15) is 37.7 Å². The average molecular weight is 503 g/mol. The van der Waals surface area contributed by atoms with Crippen LogP contribution in [0.4, 0.5) is 0 Å². The van der Waals surface area contributed by atoms with Gasteiger partial charge in [-0.05, 0) is 69.4 Å². The third-order valence-electron chi connectivity index (χ3n) is 7.13. The molecule has 8 nitrogen and oxygen atoms in total. The van der Waals surface area contributed by atoms with E-state index < -0.39 is 0 Å². The molecular weight excluding hydrogens is 464 g/mol. The highest BCUT2D eigenvalue weighted by Gasteiger charge is 2.18. The maximum absolute atomic E-state index is 6.10. The van der Waals surface area contributed by atoms with E-state index in [1.165, 1.54) is 6.42 Å². The topological polar surface area (TPSA) is 68.0 Å². The number of aryl methyl sites for hydroxylation is 1. The molecule has 5 rings (SSSR count). The molecule has 2 aliphatic heterocycles. The quantitative estimate of drug-likeness (QED) is 0.392. The van der Waals surface area contributed by atoms with Gasteiger partial charge in [-0.25, -0.2) is 0 Å². The van der Waals surface area contributed by atoms with E-state index in [1.54, 1.807) is 6.21 Å². The number of rotatable bonds is 3. The fraction of sp³-hybridized carbons (Fsp3) is 0.483. The molecule has 1 fully saturated rings. The van der Waals surface area contributed by atoms with Gasteiger partial charge in [0.05, 0.1) is 19.0 Å². The van der Waals surface area contributed by atoms with Crippen molar-refractivity contribution >= 4 is 6.21 Å². The lowest BCUT2D eigenvalue weighted by Gasteiger charge is -2.23. The van der Waals surface area contributed by atoms with Crippen molar-refractivity contribution < 1.29 is 9.57 Å². The number of benzene rings is 2. The Morgan fingerprint density at radius 2 is 1.65 bits per heavy atom. The van der Waals surface area contributed by atoms with Crippen LogP contribution in [0.3, 0.4) is 0 Å². The minimum Gasteiger partial charge on any atom is -0.494 e. The van der Waals surface area contributed by atoms with Crippen molar-refractivity contribution in [2.45, 2.75) is 44.8 Å². The first-order valence-corrected chi connectivity index (χ1v) is 13.6. The summed E-state index contributed by atoms with van der Waals surface area (Å²) in [5.74, 6) is 0.855. The summed E-state index contributed by atoms with van der Waals surface area (Å²) in [5, 5.41) is 13.1. The van der Waals surface area contributed by atoms with Crippen LogP contribution in [0, 0.1) is 0 Å². The zero-order valence-corrected chi connectivity index (χ0v) is 21.6. The Morgan fingerprint density at radius 3 is 2.51 bits per heavy atom. The summed E-state index contributed by atoms with van der Waals surface area (Å²) < 4.78 is 8.06. The summed E-state index contributed by atoms with van der Waals surface area (Å²) >= 11 is 0. The lowest BCUT2D eigenvalue weighted by molar-refractivity contribution is 0.0364.